The molecule has 6 nitrogen and oxygen atoms in total. The van der Waals surface area contributed by atoms with E-state index in [4.69, 9.17) is 4.74 Å². The molecule has 0 aliphatic carbocycles. The van der Waals surface area contributed by atoms with Crippen LogP contribution in [0.1, 0.15) is 37.6 Å². The molecule has 0 saturated carbocycles. The minimum atomic E-state index is -0.179. The fourth-order valence-electron chi connectivity index (χ4n) is 3.29. The summed E-state index contributed by atoms with van der Waals surface area (Å²) in [7, 11) is 0. The van der Waals surface area contributed by atoms with Gasteiger partial charge in [-0.15, -0.1) is 0 Å². The van der Waals surface area contributed by atoms with Crippen LogP contribution < -0.4 is 20.3 Å². The first kappa shape index (κ1) is 23.9. The van der Waals surface area contributed by atoms with Crippen LogP contribution in [0, 0.1) is 0 Å². The second kappa shape index (κ2) is 11.7. The summed E-state index contributed by atoms with van der Waals surface area (Å²) >= 11 is 0. The maximum absolute atomic E-state index is 12.9. The van der Waals surface area contributed by atoms with Crippen molar-refractivity contribution in [3.63, 3.8) is 0 Å². The van der Waals surface area contributed by atoms with E-state index < -0.39 is 0 Å². The summed E-state index contributed by atoms with van der Waals surface area (Å²) in [6.07, 6.45) is 1.06. The Hall–Kier alpha value is -3.80. The van der Waals surface area contributed by atoms with Crippen LogP contribution in [0.3, 0.4) is 0 Å². The Bertz CT molecular complexity index is 1050. The molecule has 0 aromatic heterocycles. The number of benzene rings is 3. The molecule has 0 aliphatic heterocycles. The third-order valence-electron chi connectivity index (χ3n) is 5.24. The number of para-hydroxylation sites is 1. The van der Waals surface area contributed by atoms with Crippen LogP contribution in [-0.4, -0.2) is 31.0 Å². The molecular weight excluding hydrogens is 414 g/mol. The molecule has 0 fully saturated rings. The number of carbonyl (C=O) groups excluding carboxylic acids is 2. The summed E-state index contributed by atoms with van der Waals surface area (Å²) in [6, 6.07) is 24.1. The lowest BCUT2D eigenvalue weighted by molar-refractivity contribution is -0.114. The summed E-state index contributed by atoms with van der Waals surface area (Å²) in [4.78, 5) is 27.0. The van der Waals surface area contributed by atoms with Crippen molar-refractivity contribution in [1.29, 1.82) is 0 Å². The first-order valence-corrected chi connectivity index (χ1v) is 11.3. The minimum Gasteiger partial charge on any atom is -0.491 e. The largest absolute Gasteiger partial charge is 0.491 e. The van der Waals surface area contributed by atoms with Gasteiger partial charge < -0.3 is 20.3 Å². The van der Waals surface area contributed by atoms with Crippen LogP contribution in [-0.2, 0) is 4.79 Å². The predicted molar refractivity (Wildman–Crippen MR) is 134 cm³/mol. The van der Waals surface area contributed by atoms with Gasteiger partial charge in [-0.2, -0.15) is 0 Å². The second-order valence-corrected chi connectivity index (χ2v) is 7.73. The van der Waals surface area contributed by atoms with E-state index in [1.165, 1.54) is 0 Å². The quantitative estimate of drug-likeness (QED) is 0.427. The Balaban J connectivity index is 1.55. The lowest BCUT2D eigenvalue weighted by Crippen LogP contribution is -2.30. The van der Waals surface area contributed by atoms with E-state index in [-0.39, 0.29) is 24.5 Å². The normalized spacial score (nSPS) is 11.4. The minimum absolute atomic E-state index is 0.0808. The van der Waals surface area contributed by atoms with Crippen molar-refractivity contribution in [1.82, 2.24) is 0 Å². The van der Waals surface area contributed by atoms with Crippen molar-refractivity contribution in [3.8, 4) is 5.75 Å². The van der Waals surface area contributed by atoms with Gasteiger partial charge in [0.1, 0.15) is 5.75 Å². The molecule has 172 valence electrons. The second-order valence-electron chi connectivity index (χ2n) is 7.73. The van der Waals surface area contributed by atoms with Gasteiger partial charge in [0, 0.05) is 35.2 Å². The maximum atomic E-state index is 12.9. The standard InChI is InChI=1S/C27H31N3O3/c1-4-20(3)33-25-13-9-10-23(18-25)28-19-26(31)29-22-16-14-21(15-17-22)27(32)30(5-2)24-11-7-6-8-12-24/h6-18,20,28H,4-5,19H2,1-3H3,(H,29,31). The van der Waals surface area contributed by atoms with Gasteiger partial charge >= 0.3 is 0 Å². The summed E-state index contributed by atoms with van der Waals surface area (Å²) in [5, 5.41) is 5.97. The molecule has 3 rings (SSSR count). The summed E-state index contributed by atoms with van der Waals surface area (Å²) < 4.78 is 5.82. The van der Waals surface area contributed by atoms with Crippen LogP contribution in [0.2, 0.25) is 0 Å². The first-order valence-electron chi connectivity index (χ1n) is 11.3. The van der Waals surface area contributed by atoms with Crippen molar-refractivity contribution in [2.75, 3.05) is 28.6 Å². The Labute approximate surface area is 195 Å². The highest BCUT2D eigenvalue weighted by molar-refractivity contribution is 6.06. The number of nitrogens with one attached hydrogen (secondary N) is 2. The van der Waals surface area contributed by atoms with Gasteiger partial charge in [0.25, 0.3) is 5.91 Å². The molecule has 2 amide bonds. The molecule has 0 heterocycles. The molecule has 0 aliphatic rings. The molecule has 3 aromatic rings. The van der Waals surface area contributed by atoms with Crippen LogP contribution in [0.4, 0.5) is 17.1 Å². The zero-order chi connectivity index (χ0) is 23.6. The molecule has 1 unspecified atom stereocenters. The van der Waals surface area contributed by atoms with Gasteiger partial charge in [-0.25, -0.2) is 0 Å². The van der Waals surface area contributed by atoms with Gasteiger partial charge in [0.05, 0.1) is 12.6 Å². The van der Waals surface area contributed by atoms with E-state index in [0.717, 1.165) is 23.5 Å². The number of ether oxygens (including phenoxy) is 1. The summed E-state index contributed by atoms with van der Waals surface area (Å²) in [5.74, 6) is 0.510. The SMILES string of the molecule is CCC(C)Oc1cccc(NCC(=O)Nc2ccc(C(=O)N(CC)c3ccccc3)cc2)c1. The number of amides is 2. The number of carbonyl (C=O) groups is 2. The van der Waals surface area contributed by atoms with Crippen molar-refractivity contribution in [2.24, 2.45) is 0 Å². The van der Waals surface area contributed by atoms with Crippen LogP contribution in [0.5, 0.6) is 5.75 Å². The molecular formula is C27H31N3O3. The Morgan fingerprint density at radius 1 is 0.909 bits per heavy atom. The van der Waals surface area contributed by atoms with E-state index in [9.17, 15) is 9.59 Å². The van der Waals surface area contributed by atoms with E-state index in [0.29, 0.717) is 17.8 Å². The average molecular weight is 446 g/mol. The highest BCUT2D eigenvalue weighted by Gasteiger charge is 2.16. The monoisotopic (exact) mass is 445 g/mol. The van der Waals surface area contributed by atoms with Crippen molar-refractivity contribution < 1.29 is 14.3 Å². The Kier molecular flexibility index (Phi) is 8.47. The van der Waals surface area contributed by atoms with Crippen molar-refractivity contribution in [2.45, 2.75) is 33.3 Å². The number of nitrogens with zero attached hydrogens (tertiary/aromatic N) is 1. The van der Waals surface area contributed by atoms with Gasteiger partial charge in [0.15, 0.2) is 0 Å². The average Bonchev–Trinajstić information content (AvgIpc) is 2.84. The summed E-state index contributed by atoms with van der Waals surface area (Å²) in [6.45, 7) is 6.72. The molecule has 6 heteroatoms. The predicted octanol–water partition coefficient (Wildman–Crippen LogP) is 5.58. The highest BCUT2D eigenvalue weighted by Crippen LogP contribution is 2.20. The lowest BCUT2D eigenvalue weighted by atomic mass is 10.1. The van der Waals surface area contributed by atoms with Crippen LogP contribution in [0.15, 0.2) is 78.9 Å². The lowest BCUT2D eigenvalue weighted by Gasteiger charge is -2.21. The zero-order valence-corrected chi connectivity index (χ0v) is 19.4. The molecule has 3 aromatic carbocycles. The molecule has 0 radical (unpaired) electrons. The van der Waals surface area contributed by atoms with Crippen LogP contribution in [0.25, 0.3) is 0 Å². The fraction of sp³-hybridized carbons (Fsp3) is 0.259. The third-order valence-corrected chi connectivity index (χ3v) is 5.24. The molecule has 0 bridgehead atoms. The van der Waals surface area contributed by atoms with E-state index in [2.05, 4.69) is 17.6 Å². The molecule has 33 heavy (non-hydrogen) atoms. The van der Waals surface area contributed by atoms with E-state index in [1.807, 2.05) is 68.4 Å². The van der Waals surface area contributed by atoms with E-state index >= 15 is 0 Å². The van der Waals surface area contributed by atoms with Gasteiger partial charge in [-0.05, 0) is 68.8 Å². The fourth-order valence-corrected chi connectivity index (χ4v) is 3.29. The smallest absolute Gasteiger partial charge is 0.258 e. The van der Waals surface area contributed by atoms with Crippen molar-refractivity contribution in [3.05, 3.63) is 84.4 Å². The molecule has 0 saturated heterocycles. The van der Waals surface area contributed by atoms with Crippen molar-refractivity contribution >= 4 is 28.9 Å². The molecule has 0 spiro atoms. The molecule has 2 N–H and O–H groups in total. The van der Waals surface area contributed by atoms with Gasteiger partial charge in [0.2, 0.25) is 5.91 Å². The highest BCUT2D eigenvalue weighted by atomic mass is 16.5. The Morgan fingerprint density at radius 3 is 2.30 bits per heavy atom. The topological polar surface area (TPSA) is 70.7 Å². The molecule has 1 atom stereocenters. The number of anilines is 3. The Morgan fingerprint density at radius 2 is 1.64 bits per heavy atom. The number of hydrogen-bond acceptors (Lipinski definition) is 4. The number of hydrogen-bond donors (Lipinski definition) is 2. The van der Waals surface area contributed by atoms with Crippen LogP contribution >= 0.6 is 0 Å². The summed E-state index contributed by atoms with van der Waals surface area (Å²) in [5.41, 5.74) is 2.87. The maximum Gasteiger partial charge on any atom is 0.258 e. The van der Waals surface area contributed by atoms with E-state index in [1.54, 1.807) is 29.2 Å². The zero-order valence-electron chi connectivity index (χ0n) is 19.4. The first-order chi connectivity index (χ1) is 16.0. The third kappa shape index (κ3) is 6.84. The van der Waals surface area contributed by atoms with Gasteiger partial charge in [-0.3, -0.25) is 9.59 Å². The van der Waals surface area contributed by atoms with Gasteiger partial charge in [-0.1, -0.05) is 31.2 Å². The number of rotatable bonds is 10.